The van der Waals surface area contributed by atoms with Crippen LogP contribution >= 0.6 is 0 Å². The summed E-state index contributed by atoms with van der Waals surface area (Å²) in [7, 11) is 0. The second-order valence-electron chi connectivity index (χ2n) is 6.56. The van der Waals surface area contributed by atoms with Crippen LogP contribution in [0.5, 0.6) is 5.75 Å². The van der Waals surface area contributed by atoms with Crippen LogP contribution in [0.3, 0.4) is 0 Å². The van der Waals surface area contributed by atoms with E-state index in [0.29, 0.717) is 6.54 Å². The molecular formula is C20H25NO3. The van der Waals surface area contributed by atoms with Crippen molar-refractivity contribution in [1.82, 2.24) is 5.32 Å². The molecule has 3 N–H and O–H groups in total. The van der Waals surface area contributed by atoms with Gasteiger partial charge in [0, 0.05) is 6.54 Å². The van der Waals surface area contributed by atoms with Crippen molar-refractivity contribution in [3.63, 3.8) is 0 Å². The van der Waals surface area contributed by atoms with E-state index in [4.69, 9.17) is 4.74 Å². The number of rotatable bonds is 7. The molecule has 1 aliphatic rings. The molecule has 0 saturated carbocycles. The van der Waals surface area contributed by atoms with Crippen LogP contribution in [0, 0.1) is 6.92 Å². The van der Waals surface area contributed by atoms with E-state index in [-0.39, 0.29) is 13.2 Å². The van der Waals surface area contributed by atoms with Crippen LogP contribution in [0.25, 0.3) is 0 Å². The van der Waals surface area contributed by atoms with Gasteiger partial charge in [0.25, 0.3) is 0 Å². The summed E-state index contributed by atoms with van der Waals surface area (Å²) in [4.78, 5) is 0. The highest BCUT2D eigenvalue weighted by Crippen LogP contribution is 2.36. The van der Waals surface area contributed by atoms with Gasteiger partial charge in [0.15, 0.2) is 0 Å². The van der Waals surface area contributed by atoms with Crippen molar-refractivity contribution in [3.05, 3.63) is 65.2 Å². The summed E-state index contributed by atoms with van der Waals surface area (Å²) in [5, 5.41) is 23.5. The number of hydrogen-bond acceptors (Lipinski definition) is 4. The summed E-state index contributed by atoms with van der Waals surface area (Å²) in [5.41, 5.74) is 3.08. The summed E-state index contributed by atoms with van der Waals surface area (Å²) in [5.74, 6) is 0.761. The van der Waals surface area contributed by atoms with Gasteiger partial charge in [-0.05, 0) is 48.6 Å². The molecule has 2 unspecified atom stereocenters. The molecule has 2 aromatic carbocycles. The lowest BCUT2D eigenvalue weighted by molar-refractivity contribution is 0.0833. The van der Waals surface area contributed by atoms with Gasteiger partial charge in [-0.15, -0.1) is 0 Å². The molecule has 0 bridgehead atoms. The Morgan fingerprint density at radius 1 is 1.21 bits per heavy atom. The Morgan fingerprint density at radius 3 is 2.83 bits per heavy atom. The highest BCUT2D eigenvalue weighted by molar-refractivity contribution is 5.38. The average Bonchev–Trinajstić information content (AvgIpc) is 2.98. The number of hydrogen-bond donors (Lipinski definition) is 3. The number of fused-ring (bicyclic) bond motifs is 1. The van der Waals surface area contributed by atoms with Gasteiger partial charge in [0.1, 0.15) is 18.5 Å². The molecule has 4 nitrogen and oxygen atoms in total. The first kappa shape index (κ1) is 17.0. The number of nitrogens with one attached hydrogen (secondary N) is 1. The van der Waals surface area contributed by atoms with Crippen molar-refractivity contribution in [2.75, 3.05) is 19.8 Å². The van der Waals surface area contributed by atoms with Crippen molar-refractivity contribution in [2.24, 2.45) is 0 Å². The SMILES string of the molecule is Cc1cccc(OCC(O)CNC2(CO)CCc3ccccc32)c1. The largest absolute Gasteiger partial charge is 0.491 e. The molecule has 2 aromatic rings. The monoisotopic (exact) mass is 327 g/mol. The van der Waals surface area contributed by atoms with Gasteiger partial charge in [0.05, 0.1) is 12.1 Å². The highest BCUT2D eigenvalue weighted by Gasteiger charge is 2.37. The summed E-state index contributed by atoms with van der Waals surface area (Å²) in [6.45, 7) is 2.63. The number of aliphatic hydroxyl groups is 2. The molecule has 3 rings (SSSR count). The molecule has 2 atom stereocenters. The summed E-state index contributed by atoms with van der Waals surface area (Å²) >= 11 is 0. The average molecular weight is 327 g/mol. The Balaban J connectivity index is 1.56. The zero-order valence-corrected chi connectivity index (χ0v) is 14.0. The molecule has 24 heavy (non-hydrogen) atoms. The van der Waals surface area contributed by atoms with Gasteiger partial charge in [-0.3, -0.25) is 0 Å². The van der Waals surface area contributed by atoms with E-state index in [1.807, 2.05) is 43.3 Å². The molecule has 128 valence electrons. The second kappa shape index (κ2) is 7.34. The zero-order chi connectivity index (χ0) is 17.0. The zero-order valence-electron chi connectivity index (χ0n) is 14.0. The number of aliphatic hydroxyl groups excluding tert-OH is 2. The van der Waals surface area contributed by atoms with E-state index < -0.39 is 11.6 Å². The Morgan fingerprint density at radius 2 is 2.04 bits per heavy atom. The first-order chi connectivity index (χ1) is 11.6. The quantitative estimate of drug-likeness (QED) is 0.729. The lowest BCUT2D eigenvalue weighted by Crippen LogP contribution is -2.48. The number of ether oxygens (including phenoxy) is 1. The lowest BCUT2D eigenvalue weighted by Gasteiger charge is -2.31. The Kier molecular flexibility index (Phi) is 5.19. The number of benzene rings is 2. The van der Waals surface area contributed by atoms with Gasteiger partial charge in [-0.2, -0.15) is 0 Å². The van der Waals surface area contributed by atoms with Crippen LogP contribution in [-0.4, -0.2) is 36.1 Å². The first-order valence-corrected chi connectivity index (χ1v) is 8.45. The van der Waals surface area contributed by atoms with Crippen LogP contribution in [-0.2, 0) is 12.0 Å². The Hall–Kier alpha value is -1.88. The minimum absolute atomic E-state index is 0.0233. The smallest absolute Gasteiger partial charge is 0.119 e. The maximum atomic E-state index is 10.2. The van der Waals surface area contributed by atoms with E-state index in [0.717, 1.165) is 29.7 Å². The van der Waals surface area contributed by atoms with Crippen LogP contribution in [0.15, 0.2) is 48.5 Å². The number of aryl methyl sites for hydroxylation is 2. The predicted octanol–water partition coefficient (Wildman–Crippen LogP) is 2.16. The van der Waals surface area contributed by atoms with E-state index in [1.54, 1.807) is 0 Å². The summed E-state index contributed by atoms with van der Waals surface area (Å²) in [6, 6.07) is 16.0. The third-order valence-corrected chi connectivity index (χ3v) is 4.73. The van der Waals surface area contributed by atoms with Crippen LogP contribution in [0.1, 0.15) is 23.1 Å². The standard InChI is InChI=1S/C20H25NO3/c1-15-5-4-7-18(11-15)24-13-17(23)12-21-20(14-22)10-9-16-6-2-3-8-19(16)20/h2-8,11,17,21-23H,9-10,12-14H2,1H3. The van der Waals surface area contributed by atoms with Crippen LogP contribution in [0.4, 0.5) is 0 Å². The van der Waals surface area contributed by atoms with Crippen LogP contribution < -0.4 is 10.1 Å². The minimum Gasteiger partial charge on any atom is -0.491 e. The maximum Gasteiger partial charge on any atom is 0.119 e. The van der Waals surface area contributed by atoms with Gasteiger partial charge in [-0.25, -0.2) is 0 Å². The Labute approximate surface area is 143 Å². The third kappa shape index (κ3) is 3.61. The molecule has 0 amide bonds. The van der Waals surface area contributed by atoms with Crippen molar-refractivity contribution < 1.29 is 14.9 Å². The normalized spacial score (nSPS) is 20.6. The molecule has 0 heterocycles. The lowest BCUT2D eigenvalue weighted by atomic mass is 9.92. The Bertz CT molecular complexity index is 688. The minimum atomic E-state index is -0.637. The molecule has 1 aliphatic carbocycles. The van der Waals surface area contributed by atoms with E-state index >= 15 is 0 Å². The van der Waals surface area contributed by atoms with Crippen molar-refractivity contribution >= 4 is 0 Å². The van der Waals surface area contributed by atoms with Gasteiger partial charge in [-0.1, -0.05) is 36.4 Å². The van der Waals surface area contributed by atoms with Crippen molar-refractivity contribution in [3.8, 4) is 5.75 Å². The summed E-state index contributed by atoms with van der Waals surface area (Å²) < 4.78 is 5.65. The first-order valence-electron chi connectivity index (χ1n) is 8.45. The molecule has 4 heteroatoms. The fourth-order valence-corrected chi connectivity index (χ4v) is 3.36. The van der Waals surface area contributed by atoms with Crippen LogP contribution in [0.2, 0.25) is 0 Å². The van der Waals surface area contributed by atoms with E-state index in [1.165, 1.54) is 5.56 Å². The van der Waals surface area contributed by atoms with Gasteiger partial charge >= 0.3 is 0 Å². The molecule has 0 aliphatic heterocycles. The van der Waals surface area contributed by atoms with E-state index in [9.17, 15) is 10.2 Å². The third-order valence-electron chi connectivity index (χ3n) is 4.73. The highest BCUT2D eigenvalue weighted by atomic mass is 16.5. The molecule has 0 radical (unpaired) electrons. The van der Waals surface area contributed by atoms with E-state index in [2.05, 4.69) is 17.4 Å². The molecule has 0 fully saturated rings. The van der Waals surface area contributed by atoms with Crippen molar-refractivity contribution in [2.45, 2.75) is 31.4 Å². The fraction of sp³-hybridized carbons (Fsp3) is 0.400. The van der Waals surface area contributed by atoms with Crippen molar-refractivity contribution in [1.29, 1.82) is 0 Å². The molecule has 0 aromatic heterocycles. The van der Waals surface area contributed by atoms with Gasteiger partial charge < -0.3 is 20.3 Å². The molecular weight excluding hydrogens is 302 g/mol. The topological polar surface area (TPSA) is 61.7 Å². The molecule has 0 saturated heterocycles. The maximum absolute atomic E-state index is 10.2. The molecule has 0 spiro atoms. The second-order valence-corrected chi connectivity index (χ2v) is 6.56. The fourth-order valence-electron chi connectivity index (χ4n) is 3.36. The summed E-state index contributed by atoms with van der Waals surface area (Å²) in [6.07, 6.45) is 1.15. The predicted molar refractivity (Wildman–Crippen MR) is 94.2 cm³/mol. The van der Waals surface area contributed by atoms with Gasteiger partial charge in [0.2, 0.25) is 0 Å².